The summed E-state index contributed by atoms with van der Waals surface area (Å²) >= 11 is 0. The number of non-ortho nitro benzene ring substituents is 1. The lowest BCUT2D eigenvalue weighted by molar-refractivity contribution is -0.384. The zero-order valence-electron chi connectivity index (χ0n) is 10.4. The monoisotopic (exact) mass is 284 g/mol. The van der Waals surface area contributed by atoms with Crippen molar-refractivity contribution in [3.63, 3.8) is 0 Å². The van der Waals surface area contributed by atoms with Gasteiger partial charge in [-0.15, -0.1) is 0 Å². The first-order chi connectivity index (χ1) is 9.43. The number of nitrogens with one attached hydrogen (secondary N) is 1. The lowest BCUT2D eigenvalue weighted by Crippen LogP contribution is -2.42. The van der Waals surface area contributed by atoms with Crippen molar-refractivity contribution in [2.75, 3.05) is 6.67 Å². The van der Waals surface area contributed by atoms with E-state index in [1.807, 2.05) is 5.32 Å². The summed E-state index contributed by atoms with van der Waals surface area (Å²) in [4.78, 5) is 32.0. The highest BCUT2D eigenvalue weighted by atomic mass is 19.1. The maximum absolute atomic E-state index is 12.3. The van der Waals surface area contributed by atoms with E-state index in [9.17, 15) is 24.1 Å². The zero-order chi connectivity index (χ0) is 15.1. The predicted octanol–water partition coefficient (Wildman–Crippen LogP) is 1.07. The van der Waals surface area contributed by atoms with Gasteiger partial charge in [-0.3, -0.25) is 14.9 Å². The van der Waals surface area contributed by atoms with Crippen molar-refractivity contribution in [2.24, 2.45) is 0 Å². The molecule has 0 aromatic heterocycles. The van der Waals surface area contributed by atoms with Crippen molar-refractivity contribution in [3.8, 4) is 0 Å². The van der Waals surface area contributed by atoms with Gasteiger partial charge in [-0.25, -0.2) is 9.18 Å². The van der Waals surface area contributed by atoms with Crippen LogP contribution in [0.15, 0.2) is 24.3 Å². The lowest BCUT2D eigenvalue weighted by Gasteiger charge is -2.10. The van der Waals surface area contributed by atoms with Gasteiger partial charge >= 0.3 is 5.97 Å². The van der Waals surface area contributed by atoms with Crippen LogP contribution >= 0.6 is 0 Å². The Hall–Kier alpha value is -2.51. The quantitative estimate of drug-likeness (QED) is 0.575. The van der Waals surface area contributed by atoms with Crippen molar-refractivity contribution in [1.82, 2.24) is 5.32 Å². The summed E-state index contributed by atoms with van der Waals surface area (Å²) in [6, 6.07) is 4.20. The number of hydrogen-bond acceptors (Lipinski definition) is 4. The number of nitro groups is 1. The molecule has 0 radical (unpaired) electrons. The third-order valence-electron chi connectivity index (χ3n) is 2.55. The fourth-order valence-electron chi connectivity index (χ4n) is 1.52. The molecule has 108 valence electrons. The first-order valence-corrected chi connectivity index (χ1v) is 5.75. The number of carboxylic acids is 1. The van der Waals surface area contributed by atoms with E-state index in [1.165, 1.54) is 18.2 Å². The molecule has 0 saturated heterocycles. The third-order valence-corrected chi connectivity index (χ3v) is 2.55. The number of halogens is 1. The highest BCUT2D eigenvalue weighted by Gasteiger charge is 2.19. The minimum absolute atomic E-state index is 0.0784. The first kappa shape index (κ1) is 15.5. The normalized spacial score (nSPS) is 11.7. The number of carbonyl (C=O) groups is 2. The van der Waals surface area contributed by atoms with E-state index in [-0.39, 0.29) is 18.5 Å². The van der Waals surface area contributed by atoms with Crippen LogP contribution < -0.4 is 5.32 Å². The van der Waals surface area contributed by atoms with Gasteiger partial charge in [-0.05, 0) is 12.0 Å². The highest BCUT2D eigenvalue weighted by Crippen LogP contribution is 2.14. The van der Waals surface area contributed by atoms with Crippen LogP contribution in [0.4, 0.5) is 10.1 Å². The number of carboxylic acid groups (broad SMARTS) is 1. The third kappa shape index (κ3) is 4.63. The number of nitrogens with zero attached hydrogens (tertiary/aromatic N) is 1. The molecule has 0 fully saturated rings. The topological polar surface area (TPSA) is 110 Å². The first-order valence-electron chi connectivity index (χ1n) is 5.75. The van der Waals surface area contributed by atoms with Gasteiger partial charge < -0.3 is 10.4 Å². The maximum atomic E-state index is 12.3. The summed E-state index contributed by atoms with van der Waals surface area (Å²) in [7, 11) is 0. The second-order valence-corrected chi connectivity index (χ2v) is 4.04. The van der Waals surface area contributed by atoms with Crippen LogP contribution in [-0.2, 0) is 16.0 Å². The summed E-state index contributed by atoms with van der Waals surface area (Å²) < 4.78 is 12.3. The Morgan fingerprint density at radius 3 is 2.70 bits per heavy atom. The molecule has 1 rings (SSSR count). The molecule has 2 N–H and O–H groups in total. The van der Waals surface area contributed by atoms with Gasteiger partial charge in [0.05, 0.1) is 4.92 Å². The minimum atomic E-state index is -1.56. The summed E-state index contributed by atoms with van der Waals surface area (Å²) in [5, 5.41) is 21.2. The Labute approximate surface area is 113 Å². The van der Waals surface area contributed by atoms with Crippen LogP contribution in [0.1, 0.15) is 12.0 Å². The highest BCUT2D eigenvalue weighted by molar-refractivity contribution is 5.83. The van der Waals surface area contributed by atoms with Gasteiger partial charge in [-0.1, -0.05) is 12.1 Å². The van der Waals surface area contributed by atoms with E-state index in [4.69, 9.17) is 5.11 Å². The molecule has 0 aliphatic rings. The van der Waals surface area contributed by atoms with E-state index in [0.29, 0.717) is 5.56 Å². The average Bonchev–Trinajstić information content (AvgIpc) is 2.42. The molecule has 1 amide bonds. The lowest BCUT2D eigenvalue weighted by atomic mass is 10.1. The van der Waals surface area contributed by atoms with E-state index >= 15 is 0 Å². The predicted molar refractivity (Wildman–Crippen MR) is 67.0 cm³/mol. The van der Waals surface area contributed by atoms with Crippen molar-refractivity contribution in [1.29, 1.82) is 0 Å². The SMILES string of the molecule is O=C(CCc1cccc([N+](=O)[O-])c1)NC(CF)C(=O)O. The Morgan fingerprint density at radius 1 is 1.45 bits per heavy atom. The van der Waals surface area contributed by atoms with Crippen LogP contribution in [0.2, 0.25) is 0 Å². The van der Waals surface area contributed by atoms with Crippen LogP contribution in [0.3, 0.4) is 0 Å². The minimum Gasteiger partial charge on any atom is -0.480 e. The van der Waals surface area contributed by atoms with Crippen molar-refractivity contribution < 1.29 is 24.0 Å². The van der Waals surface area contributed by atoms with E-state index in [2.05, 4.69) is 0 Å². The van der Waals surface area contributed by atoms with Gasteiger partial charge in [0, 0.05) is 18.6 Å². The average molecular weight is 284 g/mol. The fraction of sp³-hybridized carbons (Fsp3) is 0.333. The number of hydrogen-bond donors (Lipinski definition) is 2. The number of carbonyl (C=O) groups excluding carboxylic acids is 1. The number of benzene rings is 1. The molecule has 7 nitrogen and oxygen atoms in total. The summed E-state index contributed by atoms with van der Waals surface area (Å²) in [6.07, 6.45) is 0.122. The van der Waals surface area contributed by atoms with Crippen molar-refractivity contribution in [3.05, 3.63) is 39.9 Å². The zero-order valence-corrected chi connectivity index (χ0v) is 10.4. The van der Waals surface area contributed by atoms with Crippen molar-refractivity contribution >= 4 is 17.6 Å². The van der Waals surface area contributed by atoms with E-state index in [0.717, 1.165) is 0 Å². The Bertz CT molecular complexity index is 520. The van der Waals surface area contributed by atoms with Gasteiger partial charge in [0.25, 0.3) is 5.69 Å². The van der Waals surface area contributed by atoms with E-state index in [1.54, 1.807) is 6.07 Å². The molecule has 1 aromatic carbocycles. The molecule has 1 aromatic rings. The van der Waals surface area contributed by atoms with Gasteiger partial charge in [-0.2, -0.15) is 0 Å². The van der Waals surface area contributed by atoms with Gasteiger partial charge in [0.2, 0.25) is 5.91 Å². The number of rotatable bonds is 7. The second-order valence-electron chi connectivity index (χ2n) is 4.04. The van der Waals surface area contributed by atoms with Crippen LogP contribution in [0, 0.1) is 10.1 Å². The Kier molecular flexibility index (Phi) is 5.57. The van der Waals surface area contributed by atoms with Crippen LogP contribution in [-0.4, -0.2) is 34.6 Å². The summed E-state index contributed by atoms with van der Waals surface area (Å²) in [5.41, 5.74) is 0.483. The molecule has 1 atom stereocenters. The number of aliphatic carboxylic acids is 1. The van der Waals surface area contributed by atoms with Gasteiger partial charge in [0.15, 0.2) is 6.04 Å². The number of nitro benzene ring substituents is 1. The van der Waals surface area contributed by atoms with Crippen LogP contribution in [0.25, 0.3) is 0 Å². The van der Waals surface area contributed by atoms with E-state index < -0.39 is 29.5 Å². The fourth-order valence-corrected chi connectivity index (χ4v) is 1.52. The Balaban J connectivity index is 2.54. The number of aryl methyl sites for hydroxylation is 1. The Morgan fingerprint density at radius 2 is 2.15 bits per heavy atom. The molecule has 8 heteroatoms. The molecule has 20 heavy (non-hydrogen) atoms. The largest absolute Gasteiger partial charge is 0.480 e. The van der Waals surface area contributed by atoms with Crippen molar-refractivity contribution in [2.45, 2.75) is 18.9 Å². The molecule has 0 bridgehead atoms. The smallest absolute Gasteiger partial charge is 0.328 e. The number of alkyl halides is 1. The second kappa shape index (κ2) is 7.17. The molecule has 0 heterocycles. The number of amides is 1. The molecular formula is C12H13FN2O5. The molecule has 1 unspecified atom stereocenters. The summed E-state index contributed by atoms with van der Waals surface area (Å²) in [6.45, 7) is -1.20. The maximum Gasteiger partial charge on any atom is 0.328 e. The molecule has 0 aliphatic carbocycles. The van der Waals surface area contributed by atoms with Gasteiger partial charge in [0.1, 0.15) is 6.67 Å². The molecule has 0 spiro atoms. The molecular weight excluding hydrogens is 271 g/mol. The molecule has 0 aliphatic heterocycles. The molecule has 0 saturated carbocycles. The standard InChI is InChI=1S/C12H13FN2O5/c13-7-10(12(17)18)14-11(16)5-4-8-2-1-3-9(6-8)15(19)20/h1-3,6,10H,4-5,7H2,(H,14,16)(H,17,18). The summed E-state index contributed by atoms with van der Waals surface area (Å²) in [5.74, 6) is -2.07. The van der Waals surface area contributed by atoms with Crippen LogP contribution in [0.5, 0.6) is 0 Å².